The maximum Gasteiger partial charge on any atom is 0.252 e. The topological polar surface area (TPSA) is 29.1 Å². The van der Waals surface area contributed by atoms with Crippen molar-refractivity contribution in [3.8, 4) is 0 Å². The lowest BCUT2D eigenvalue weighted by atomic mass is 10.2. The summed E-state index contributed by atoms with van der Waals surface area (Å²) in [6.45, 7) is 0.372. The molecular formula is C21H18FNOS. The Bertz CT molecular complexity index is 834. The van der Waals surface area contributed by atoms with E-state index in [0.29, 0.717) is 12.1 Å². The standard InChI is InChI=1S/C21H18FNOS/c22-18-12-10-16(11-13-18)14-23-21(24)19-8-4-5-9-20(19)25-15-17-6-2-1-3-7-17/h1-13H,14-15H2,(H,23,24). The van der Waals surface area contributed by atoms with Gasteiger partial charge < -0.3 is 5.32 Å². The monoisotopic (exact) mass is 351 g/mol. The Hall–Kier alpha value is -2.59. The van der Waals surface area contributed by atoms with Gasteiger partial charge in [0, 0.05) is 17.2 Å². The summed E-state index contributed by atoms with van der Waals surface area (Å²) in [7, 11) is 0. The summed E-state index contributed by atoms with van der Waals surface area (Å²) >= 11 is 1.64. The molecule has 0 aliphatic heterocycles. The molecule has 0 fully saturated rings. The van der Waals surface area contributed by atoms with Gasteiger partial charge in [0.1, 0.15) is 5.82 Å². The number of thioether (sulfide) groups is 1. The second-order valence-electron chi connectivity index (χ2n) is 5.58. The Morgan fingerprint density at radius 2 is 1.52 bits per heavy atom. The van der Waals surface area contributed by atoms with Crippen molar-refractivity contribution in [1.82, 2.24) is 5.32 Å². The van der Waals surface area contributed by atoms with E-state index < -0.39 is 0 Å². The van der Waals surface area contributed by atoms with Crippen molar-refractivity contribution in [2.75, 3.05) is 0 Å². The molecular weight excluding hydrogens is 333 g/mol. The van der Waals surface area contributed by atoms with Crippen molar-refractivity contribution in [3.05, 3.63) is 101 Å². The first-order chi connectivity index (χ1) is 12.2. The van der Waals surface area contributed by atoms with Gasteiger partial charge in [-0.05, 0) is 35.4 Å². The Labute approximate surface area is 151 Å². The number of carbonyl (C=O) groups excluding carboxylic acids is 1. The zero-order valence-electron chi connectivity index (χ0n) is 13.6. The number of hydrogen-bond donors (Lipinski definition) is 1. The van der Waals surface area contributed by atoms with E-state index in [2.05, 4.69) is 17.4 Å². The van der Waals surface area contributed by atoms with Crippen LogP contribution in [0, 0.1) is 5.82 Å². The van der Waals surface area contributed by atoms with E-state index in [1.165, 1.54) is 17.7 Å². The average molecular weight is 351 g/mol. The lowest BCUT2D eigenvalue weighted by Crippen LogP contribution is -2.23. The molecule has 1 N–H and O–H groups in total. The summed E-state index contributed by atoms with van der Waals surface area (Å²) in [6.07, 6.45) is 0. The molecule has 0 saturated carbocycles. The van der Waals surface area contributed by atoms with Crippen molar-refractivity contribution in [2.24, 2.45) is 0 Å². The van der Waals surface area contributed by atoms with Gasteiger partial charge in [0.05, 0.1) is 5.56 Å². The minimum Gasteiger partial charge on any atom is -0.348 e. The lowest BCUT2D eigenvalue weighted by molar-refractivity contribution is 0.0948. The van der Waals surface area contributed by atoms with Crippen LogP contribution in [0.2, 0.25) is 0 Å². The third-order valence-corrected chi connectivity index (χ3v) is 4.88. The van der Waals surface area contributed by atoms with E-state index in [0.717, 1.165) is 16.2 Å². The maximum atomic E-state index is 12.9. The smallest absolute Gasteiger partial charge is 0.252 e. The van der Waals surface area contributed by atoms with Crippen LogP contribution in [-0.2, 0) is 12.3 Å². The third-order valence-electron chi connectivity index (χ3n) is 3.74. The largest absolute Gasteiger partial charge is 0.348 e. The fourth-order valence-corrected chi connectivity index (χ4v) is 3.40. The summed E-state index contributed by atoms with van der Waals surface area (Å²) < 4.78 is 12.9. The van der Waals surface area contributed by atoms with Crippen LogP contribution in [0.5, 0.6) is 0 Å². The van der Waals surface area contributed by atoms with E-state index >= 15 is 0 Å². The van der Waals surface area contributed by atoms with Gasteiger partial charge in [-0.3, -0.25) is 4.79 Å². The fourth-order valence-electron chi connectivity index (χ4n) is 2.40. The molecule has 0 unspecified atom stereocenters. The minimum absolute atomic E-state index is 0.125. The summed E-state index contributed by atoms with van der Waals surface area (Å²) in [5.74, 6) is 0.404. The zero-order chi connectivity index (χ0) is 17.5. The van der Waals surface area contributed by atoms with Crippen molar-refractivity contribution in [1.29, 1.82) is 0 Å². The van der Waals surface area contributed by atoms with Crippen molar-refractivity contribution in [3.63, 3.8) is 0 Å². The van der Waals surface area contributed by atoms with Gasteiger partial charge in [0.15, 0.2) is 0 Å². The number of amides is 1. The SMILES string of the molecule is O=C(NCc1ccc(F)cc1)c1ccccc1SCc1ccccc1. The highest BCUT2D eigenvalue weighted by molar-refractivity contribution is 7.98. The molecule has 0 aliphatic rings. The molecule has 0 heterocycles. The quantitative estimate of drug-likeness (QED) is 0.630. The van der Waals surface area contributed by atoms with E-state index in [1.54, 1.807) is 23.9 Å². The van der Waals surface area contributed by atoms with Crippen molar-refractivity contribution < 1.29 is 9.18 Å². The number of benzene rings is 3. The van der Waals surface area contributed by atoms with Crippen molar-refractivity contribution >= 4 is 17.7 Å². The number of hydrogen-bond acceptors (Lipinski definition) is 2. The maximum absolute atomic E-state index is 12.9. The molecule has 4 heteroatoms. The van der Waals surface area contributed by atoms with Gasteiger partial charge in [-0.15, -0.1) is 11.8 Å². The summed E-state index contributed by atoms with van der Waals surface area (Å²) in [5.41, 5.74) is 2.74. The van der Waals surface area contributed by atoms with Gasteiger partial charge in [-0.25, -0.2) is 4.39 Å². The van der Waals surface area contributed by atoms with Crippen LogP contribution in [0.4, 0.5) is 4.39 Å². The second-order valence-corrected chi connectivity index (χ2v) is 6.60. The number of halogens is 1. The van der Waals surface area contributed by atoms with Crippen LogP contribution < -0.4 is 5.32 Å². The average Bonchev–Trinajstić information content (AvgIpc) is 2.67. The van der Waals surface area contributed by atoms with Gasteiger partial charge in [-0.2, -0.15) is 0 Å². The lowest BCUT2D eigenvalue weighted by Gasteiger charge is -2.10. The predicted molar refractivity (Wildman–Crippen MR) is 100 cm³/mol. The molecule has 0 saturated heterocycles. The molecule has 25 heavy (non-hydrogen) atoms. The van der Waals surface area contributed by atoms with Gasteiger partial charge in [0.2, 0.25) is 0 Å². The first kappa shape index (κ1) is 17.2. The molecule has 126 valence electrons. The molecule has 0 radical (unpaired) electrons. The van der Waals surface area contributed by atoms with Gasteiger partial charge in [0.25, 0.3) is 5.91 Å². The Kier molecular flexibility index (Phi) is 5.86. The van der Waals surface area contributed by atoms with E-state index in [4.69, 9.17) is 0 Å². The first-order valence-electron chi connectivity index (χ1n) is 8.01. The van der Waals surface area contributed by atoms with Crippen LogP contribution in [0.3, 0.4) is 0 Å². The molecule has 0 aromatic heterocycles. The van der Waals surface area contributed by atoms with Crippen LogP contribution in [-0.4, -0.2) is 5.91 Å². The Morgan fingerprint density at radius 3 is 2.28 bits per heavy atom. The van der Waals surface area contributed by atoms with Crippen LogP contribution in [0.25, 0.3) is 0 Å². The van der Waals surface area contributed by atoms with Crippen LogP contribution >= 0.6 is 11.8 Å². The molecule has 0 bridgehead atoms. The first-order valence-corrected chi connectivity index (χ1v) is 8.99. The van der Waals surface area contributed by atoms with Crippen LogP contribution in [0.15, 0.2) is 83.8 Å². The zero-order valence-corrected chi connectivity index (χ0v) is 14.4. The molecule has 0 aliphatic carbocycles. The Morgan fingerprint density at radius 1 is 0.840 bits per heavy atom. The minimum atomic E-state index is -0.280. The van der Waals surface area contributed by atoms with Crippen LogP contribution in [0.1, 0.15) is 21.5 Å². The molecule has 2 nitrogen and oxygen atoms in total. The summed E-state index contributed by atoms with van der Waals surface area (Å²) in [6, 6.07) is 23.9. The van der Waals surface area contributed by atoms with E-state index in [-0.39, 0.29) is 11.7 Å². The van der Waals surface area contributed by atoms with Gasteiger partial charge in [-0.1, -0.05) is 54.6 Å². The molecule has 3 rings (SSSR count). The Balaban J connectivity index is 1.64. The molecule has 0 atom stereocenters. The summed E-state index contributed by atoms with van der Waals surface area (Å²) in [5, 5.41) is 2.90. The molecule has 3 aromatic rings. The number of nitrogens with one attached hydrogen (secondary N) is 1. The molecule has 0 spiro atoms. The second kappa shape index (κ2) is 8.49. The fraction of sp³-hybridized carbons (Fsp3) is 0.0952. The molecule has 3 aromatic carbocycles. The normalized spacial score (nSPS) is 10.4. The van der Waals surface area contributed by atoms with Crippen molar-refractivity contribution in [2.45, 2.75) is 17.2 Å². The molecule has 1 amide bonds. The highest BCUT2D eigenvalue weighted by atomic mass is 32.2. The predicted octanol–water partition coefficient (Wildman–Crippen LogP) is 5.05. The van der Waals surface area contributed by atoms with E-state index in [1.807, 2.05) is 42.5 Å². The highest BCUT2D eigenvalue weighted by Gasteiger charge is 2.11. The third kappa shape index (κ3) is 4.94. The van der Waals surface area contributed by atoms with E-state index in [9.17, 15) is 9.18 Å². The van der Waals surface area contributed by atoms with Gasteiger partial charge >= 0.3 is 0 Å². The number of rotatable bonds is 6. The summed E-state index contributed by atoms with van der Waals surface area (Å²) in [4.78, 5) is 13.5. The highest BCUT2D eigenvalue weighted by Crippen LogP contribution is 2.26. The number of carbonyl (C=O) groups is 1.